The largest absolute Gasteiger partial charge is 0.351 e. The van der Waals surface area contributed by atoms with Gasteiger partial charge in [0.2, 0.25) is 0 Å². The maximum Gasteiger partial charge on any atom is 0.263 e. The smallest absolute Gasteiger partial charge is 0.263 e. The normalized spacial score (nSPS) is 11.1. The van der Waals surface area contributed by atoms with E-state index in [4.69, 9.17) is 0 Å². The Balaban J connectivity index is 1.34. The van der Waals surface area contributed by atoms with Crippen LogP contribution in [0.4, 0.5) is 0 Å². The van der Waals surface area contributed by atoms with Crippen LogP contribution in [-0.2, 0) is 6.42 Å². The number of aromatic nitrogens is 5. The van der Waals surface area contributed by atoms with Crippen molar-refractivity contribution in [1.82, 2.24) is 29.5 Å². The lowest BCUT2D eigenvalue weighted by atomic mass is 10.3. The highest BCUT2D eigenvalue weighted by molar-refractivity contribution is 7.16. The van der Waals surface area contributed by atoms with Crippen molar-refractivity contribution in [2.45, 2.75) is 19.8 Å². The molecule has 4 aromatic rings. The molecule has 0 bridgehead atoms. The summed E-state index contributed by atoms with van der Waals surface area (Å²) in [7, 11) is 0. The third-order valence-corrected chi connectivity index (χ3v) is 5.23. The van der Waals surface area contributed by atoms with Crippen LogP contribution in [0, 0.1) is 6.92 Å². The van der Waals surface area contributed by atoms with E-state index >= 15 is 0 Å². The van der Waals surface area contributed by atoms with Crippen LogP contribution in [-0.4, -0.2) is 36.6 Å². The maximum absolute atomic E-state index is 12.4. The van der Waals surface area contributed by atoms with E-state index in [2.05, 4.69) is 20.5 Å². The SMILES string of the molecule is Cc1nc(-n2cccc2)sc1C(=O)NCCCc1nnc2ccccn12. The Labute approximate surface area is 154 Å². The van der Waals surface area contributed by atoms with Crippen LogP contribution in [0.25, 0.3) is 10.8 Å². The van der Waals surface area contributed by atoms with Crippen molar-refractivity contribution in [2.24, 2.45) is 0 Å². The quantitative estimate of drug-likeness (QED) is 0.532. The average molecular weight is 366 g/mol. The van der Waals surface area contributed by atoms with E-state index in [0.29, 0.717) is 11.4 Å². The summed E-state index contributed by atoms with van der Waals surface area (Å²) in [4.78, 5) is 17.6. The Morgan fingerprint density at radius 2 is 1.96 bits per heavy atom. The zero-order valence-electron chi connectivity index (χ0n) is 14.3. The Morgan fingerprint density at radius 1 is 1.15 bits per heavy atom. The lowest BCUT2D eigenvalue weighted by Crippen LogP contribution is -2.24. The first-order valence-corrected chi connectivity index (χ1v) is 9.21. The molecule has 8 heteroatoms. The molecule has 1 N–H and O–H groups in total. The van der Waals surface area contributed by atoms with Gasteiger partial charge in [0, 0.05) is 31.6 Å². The summed E-state index contributed by atoms with van der Waals surface area (Å²) < 4.78 is 3.88. The van der Waals surface area contributed by atoms with Gasteiger partial charge in [-0.25, -0.2) is 4.98 Å². The van der Waals surface area contributed by atoms with Crippen molar-refractivity contribution in [3.8, 4) is 5.13 Å². The van der Waals surface area contributed by atoms with Crippen molar-refractivity contribution >= 4 is 22.9 Å². The lowest BCUT2D eigenvalue weighted by molar-refractivity contribution is 0.0956. The molecule has 4 heterocycles. The maximum atomic E-state index is 12.4. The number of aryl methyl sites for hydroxylation is 2. The second kappa shape index (κ2) is 7.09. The van der Waals surface area contributed by atoms with Crippen LogP contribution >= 0.6 is 11.3 Å². The summed E-state index contributed by atoms with van der Waals surface area (Å²) >= 11 is 1.40. The molecule has 0 atom stereocenters. The molecular weight excluding hydrogens is 348 g/mol. The number of fused-ring (bicyclic) bond motifs is 1. The predicted molar refractivity (Wildman–Crippen MR) is 99.8 cm³/mol. The molecule has 0 aliphatic heterocycles. The van der Waals surface area contributed by atoms with Crippen molar-refractivity contribution in [1.29, 1.82) is 0 Å². The number of carbonyl (C=O) groups excluding carboxylic acids is 1. The Bertz CT molecular complexity index is 1030. The monoisotopic (exact) mass is 366 g/mol. The third kappa shape index (κ3) is 3.23. The molecule has 0 unspecified atom stereocenters. The Morgan fingerprint density at radius 3 is 2.81 bits per heavy atom. The Hall–Kier alpha value is -3.00. The highest BCUT2D eigenvalue weighted by atomic mass is 32.1. The van der Waals surface area contributed by atoms with Crippen LogP contribution in [0.15, 0.2) is 48.9 Å². The van der Waals surface area contributed by atoms with Crippen molar-refractivity contribution in [2.75, 3.05) is 6.54 Å². The lowest BCUT2D eigenvalue weighted by Gasteiger charge is -2.03. The van der Waals surface area contributed by atoms with Gasteiger partial charge in [-0.1, -0.05) is 17.4 Å². The molecule has 26 heavy (non-hydrogen) atoms. The molecule has 4 aromatic heterocycles. The number of nitrogens with one attached hydrogen (secondary N) is 1. The number of pyridine rings is 1. The number of carbonyl (C=O) groups is 1. The molecule has 0 spiro atoms. The molecule has 1 amide bonds. The van der Waals surface area contributed by atoms with Gasteiger partial charge in [-0.15, -0.1) is 10.2 Å². The van der Waals surface area contributed by atoms with Gasteiger partial charge in [-0.3, -0.25) is 9.20 Å². The number of thiazole rings is 1. The second-order valence-corrected chi connectivity index (χ2v) is 6.88. The summed E-state index contributed by atoms with van der Waals surface area (Å²) in [6, 6.07) is 9.69. The number of rotatable bonds is 6. The predicted octanol–water partition coefficient (Wildman–Crippen LogP) is 2.65. The summed E-state index contributed by atoms with van der Waals surface area (Å²) in [5.41, 5.74) is 1.59. The third-order valence-electron chi connectivity index (χ3n) is 4.06. The van der Waals surface area contributed by atoms with Crippen LogP contribution < -0.4 is 5.32 Å². The molecule has 0 radical (unpaired) electrons. The average Bonchev–Trinajstić information content (AvgIpc) is 3.38. The van der Waals surface area contributed by atoms with E-state index in [1.165, 1.54) is 11.3 Å². The standard InChI is InChI=1S/C18H18N6OS/c1-13-16(26-18(20-13)23-10-4-5-11-23)17(25)19-9-6-8-15-22-21-14-7-2-3-12-24(14)15/h2-5,7,10-12H,6,8-9H2,1H3,(H,19,25). The van der Waals surface area contributed by atoms with Gasteiger partial charge in [0.1, 0.15) is 10.7 Å². The van der Waals surface area contributed by atoms with Crippen LogP contribution in [0.3, 0.4) is 0 Å². The van der Waals surface area contributed by atoms with Crippen molar-refractivity contribution in [3.63, 3.8) is 0 Å². The van der Waals surface area contributed by atoms with Gasteiger partial charge >= 0.3 is 0 Å². The minimum Gasteiger partial charge on any atom is -0.351 e. The van der Waals surface area contributed by atoms with Gasteiger partial charge in [-0.2, -0.15) is 0 Å². The van der Waals surface area contributed by atoms with Gasteiger partial charge in [0.05, 0.1) is 5.69 Å². The number of amides is 1. The molecule has 0 aliphatic carbocycles. The number of hydrogen-bond acceptors (Lipinski definition) is 5. The zero-order chi connectivity index (χ0) is 17.9. The summed E-state index contributed by atoms with van der Waals surface area (Å²) in [5, 5.41) is 12.1. The van der Waals surface area contributed by atoms with E-state index in [0.717, 1.165) is 35.1 Å². The molecule has 0 saturated heterocycles. The fourth-order valence-electron chi connectivity index (χ4n) is 2.76. The molecular formula is C18H18N6OS. The zero-order valence-corrected chi connectivity index (χ0v) is 15.1. The first kappa shape index (κ1) is 16.5. The fourth-order valence-corrected chi connectivity index (χ4v) is 3.71. The van der Waals surface area contributed by atoms with Gasteiger partial charge in [0.25, 0.3) is 5.91 Å². The van der Waals surface area contributed by atoms with Gasteiger partial charge < -0.3 is 9.88 Å². The van der Waals surface area contributed by atoms with Crippen LogP contribution in [0.1, 0.15) is 27.6 Å². The van der Waals surface area contributed by atoms with E-state index < -0.39 is 0 Å². The van der Waals surface area contributed by atoms with Crippen molar-refractivity contribution in [3.05, 3.63) is 65.3 Å². The van der Waals surface area contributed by atoms with Crippen LogP contribution in [0.2, 0.25) is 0 Å². The fraction of sp³-hybridized carbons (Fsp3) is 0.222. The molecule has 4 rings (SSSR count). The Kier molecular flexibility index (Phi) is 4.49. The molecule has 132 valence electrons. The van der Waals surface area contributed by atoms with E-state index in [-0.39, 0.29) is 5.91 Å². The molecule has 0 saturated carbocycles. The molecule has 0 aliphatic rings. The molecule has 7 nitrogen and oxygen atoms in total. The minimum atomic E-state index is -0.0792. The van der Waals surface area contributed by atoms with E-state index in [9.17, 15) is 4.79 Å². The first-order valence-electron chi connectivity index (χ1n) is 8.40. The number of nitrogens with zero attached hydrogens (tertiary/aromatic N) is 5. The van der Waals surface area contributed by atoms with Gasteiger partial charge in [-0.05, 0) is 37.6 Å². The van der Waals surface area contributed by atoms with E-state index in [1.807, 2.05) is 64.8 Å². The number of hydrogen-bond donors (Lipinski definition) is 1. The first-order chi connectivity index (χ1) is 12.7. The molecule has 0 fully saturated rings. The van der Waals surface area contributed by atoms with Gasteiger partial charge in [0.15, 0.2) is 10.8 Å². The topological polar surface area (TPSA) is 77.1 Å². The van der Waals surface area contributed by atoms with Crippen LogP contribution in [0.5, 0.6) is 0 Å². The minimum absolute atomic E-state index is 0.0792. The van der Waals surface area contributed by atoms with Crippen molar-refractivity contribution < 1.29 is 4.79 Å². The summed E-state index contributed by atoms with van der Waals surface area (Å²) in [6.45, 7) is 2.44. The highest BCUT2D eigenvalue weighted by Gasteiger charge is 2.15. The summed E-state index contributed by atoms with van der Waals surface area (Å²) in [5.74, 6) is 0.822. The summed E-state index contributed by atoms with van der Waals surface area (Å²) in [6.07, 6.45) is 7.34. The highest BCUT2D eigenvalue weighted by Crippen LogP contribution is 2.21. The molecule has 0 aromatic carbocycles. The van der Waals surface area contributed by atoms with E-state index in [1.54, 1.807) is 0 Å². The second-order valence-electron chi connectivity index (χ2n) is 5.91.